The molecule has 2 heterocycles. The van der Waals surface area contributed by atoms with Crippen molar-refractivity contribution in [2.24, 2.45) is 5.92 Å². The Morgan fingerprint density at radius 3 is 2.71 bits per heavy atom. The van der Waals surface area contributed by atoms with Crippen molar-refractivity contribution in [1.82, 2.24) is 10.2 Å². The summed E-state index contributed by atoms with van der Waals surface area (Å²) in [5.41, 5.74) is 0. The molecule has 17 heavy (non-hydrogen) atoms. The van der Waals surface area contributed by atoms with Crippen LogP contribution < -0.4 is 5.32 Å². The van der Waals surface area contributed by atoms with Gasteiger partial charge in [0, 0.05) is 19.1 Å². The lowest BCUT2D eigenvalue weighted by molar-refractivity contribution is 0.00205. The van der Waals surface area contributed by atoms with Crippen molar-refractivity contribution in [3.63, 3.8) is 0 Å². The van der Waals surface area contributed by atoms with Gasteiger partial charge in [-0.05, 0) is 52.1 Å². The molecule has 100 valence electrons. The van der Waals surface area contributed by atoms with E-state index in [4.69, 9.17) is 4.74 Å². The predicted molar refractivity (Wildman–Crippen MR) is 71.3 cm³/mol. The number of ether oxygens (including phenoxy) is 1. The molecule has 0 radical (unpaired) electrons. The van der Waals surface area contributed by atoms with E-state index in [1.807, 2.05) is 7.05 Å². The van der Waals surface area contributed by atoms with Gasteiger partial charge in [-0.15, -0.1) is 0 Å². The first-order valence-corrected chi connectivity index (χ1v) is 7.24. The Kier molecular flexibility index (Phi) is 4.83. The van der Waals surface area contributed by atoms with Gasteiger partial charge in [-0.3, -0.25) is 4.90 Å². The predicted octanol–water partition coefficient (Wildman–Crippen LogP) is 1.87. The van der Waals surface area contributed by atoms with E-state index in [0.29, 0.717) is 12.2 Å². The van der Waals surface area contributed by atoms with Crippen LogP contribution in [0.5, 0.6) is 0 Å². The lowest BCUT2D eigenvalue weighted by atomic mass is 9.92. The second-order valence-corrected chi connectivity index (χ2v) is 5.87. The van der Waals surface area contributed by atoms with Crippen LogP contribution in [0.15, 0.2) is 0 Å². The van der Waals surface area contributed by atoms with Gasteiger partial charge in [0.25, 0.3) is 0 Å². The molecule has 2 aliphatic heterocycles. The Hall–Kier alpha value is -0.120. The molecule has 4 unspecified atom stereocenters. The topological polar surface area (TPSA) is 24.5 Å². The molecule has 0 saturated carbocycles. The summed E-state index contributed by atoms with van der Waals surface area (Å²) in [6, 6.07) is 0.732. The highest BCUT2D eigenvalue weighted by atomic mass is 16.5. The fourth-order valence-electron chi connectivity index (χ4n) is 3.23. The lowest BCUT2D eigenvalue weighted by Crippen LogP contribution is -2.46. The van der Waals surface area contributed by atoms with Crippen molar-refractivity contribution in [2.45, 2.75) is 57.8 Å². The van der Waals surface area contributed by atoms with E-state index in [1.165, 1.54) is 32.2 Å². The van der Waals surface area contributed by atoms with Crippen LogP contribution in [0, 0.1) is 5.92 Å². The molecule has 0 aliphatic carbocycles. The van der Waals surface area contributed by atoms with Crippen molar-refractivity contribution >= 4 is 0 Å². The summed E-state index contributed by atoms with van der Waals surface area (Å²) in [5, 5.41) is 3.21. The van der Waals surface area contributed by atoms with Crippen LogP contribution in [0.1, 0.15) is 39.5 Å². The second-order valence-electron chi connectivity index (χ2n) is 5.87. The summed E-state index contributed by atoms with van der Waals surface area (Å²) in [4.78, 5) is 2.64. The van der Waals surface area contributed by atoms with Crippen molar-refractivity contribution in [3.05, 3.63) is 0 Å². The van der Waals surface area contributed by atoms with Gasteiger partial charge in [-0.2, -0.15) is 0 Å². The average molecular weight is 240 g/mol. The van der Waals surface area contributed by atoms with E-state index in [1.54, 1.807) is 0 Å². The van der Waals surface area contributed by atoms with Gasteiger partial charge in [-0.25, -0.2) is 0 Å². The molecule has 0 amide bonds. The summed E-state index contributed by atoms with van der Waals surface area (Å²) in [7, 11) is 2.01. The average Bonchev–Trinajstić information content (AvgIpc) is 2.73. The summed E-state index contributed by atoms with van der Waals surface area (Å²) >= 11 is 0. The van der Waals surface area contributed by atoms with Crippen LogP contribution in [0.4, 0.5) is 0 Å². The molecule has 0 aromatic rings. The Morgan fingerprint density at radius 1 is 1.18 bits per heavy atom. The third-order valence-corrected chi connectivity index (χ3v) is 4.57. The minimum absolute atomic E-state index is 0.447. The maximum absolute atomic E-state index is 6.08. The summed E-state index contributed by atoms with van der Waals surface area (Å²) < 4.78 is 6.08. The van der Waals surface area contributed by atoms with Gasteiger partial charge in [0.1, 0.15) is 0 Å². The number of likely N-dealkylation sites (tertiary alicyclic amines) is 1. The third-order valence-electron chi connectivity index (χ3n) is 4.57. The SMILES string of the molecule is CNCC1CCC(CN2CCCC(C)C2C)O1. The maximum Gasteiger partial charge on any atom is 0.0707 e. The smallest absolute Gasteiger partial charge is 0.0707 e. The zero-order valence-electron chi connectivity index (χ0n) is 11.6. The molecule has 0 aromatic heterocycles. The maximum atomic E-state index is 6.08. The van der Waals surface area contributed by atoms with Gasteiger partial charge in [0.2, 0.25) is 0 Å². The minimum Gasteiger partial charge on any atom is -0.372 e. The van der Waals surface area contributed by atoms with Crippen molar-refractivity contribution in [2.75, 3.05) is 26.7 Å². The Bertz CT molecular complexity index is 234. The molecule has 3 heteroatoms. The molecular formula is C14H28N2O. The molecule has 2 rings (SSSR count). The fraction of sp³-hybridized carbons (Fsp3) is 1.00. The van der Waals surface area contributed by atoms with Crippen molar-refractivity contribution < 1.29 is 4.74 Å². The summed E-state index contributed by atoms with van der Waals surface area (Å²) in [5.74, 6) is 0.846. The number of nitrogens with one attached hydrogen (secondary N) is 1. The number of hydrogen-bond donors (Lipinski definition) is 1. The summed E-state index contributed by atoms with van der Waals surface area (Å²) in [6.45, 7) is 8.18. The minimum atomic E-state index is 0.447. The molecule has 4 atom stereocenters. The van der Waals surface area contributed by atoms with Crippen molar-refractivity contribution in [1.29, 1.82) is 0 Å². The lowest BCUT2D eigenvalue weighted by Gasteiger charge is -2.39. The van der Waals surface area contributed by atoms with Crippen LogP contribution in [-0.2, 0) is 4.74 Å². The molecule has 2 fully saturated rings. The van der Waals surface area contributed by atoms with Crippen LogP contribution in [-0.4, -0.2) is 49.8 Å². The third kappa shape index (κ3) is 3.43. The first-order chi connectivity index (χ1) is 8.20. The van der Waals surface area contributed by atoms with Crippen LogP contribution in [0.25, 0.3) is 0 Å². The molecule has 3 nitrogen and oxygen atoms in total. The Morgan fingerprint density at radius 2 is 1.94 bits per heavy atom. The number of nitrogens with zero attached hydrogens (tertiary/aromatic N) is 1. The number of hydrogen-bond acceptors (Lipinski definition) is 3. The van der Waals surface area contributed by atoms with Crippen LogP contribution in [0.2, 0.25) is 0 Å². The molecule has 2 saturated heterocycles. The first-order valence-electron chi connectivity index (χ1n) is 7.24. The first kappa shape index (κ1) is 13.3. The monoisotopic (exact) mass is 240 g/mol. The van der Waals surface area contributed by atoms with Crippen LogP contribution >= 0.6 is 0 Å². The Balaban J connectivity index is 1.77. The molecule has 0 bridgehead atoms. The van der Waals surface area contributed by atoms with Gasteiger partial charge < -0.3 is 10.1 Å². The van der Waals surface area contributed by atoms with E-state index < -0.39 is 0 Å². The fourth-order valence-corrected chi connectivity index (χ4v) is 3.23. The van der Waals surface area contributed by atoms with E-state index in [-0.39, 0.29) is 0 Å². The molecule has 2 aliphatic rings. The van der Waals surface area contributed by atoms with Crippen molar-refractivity contribution in [3.8, 4) is 0 Å². The van der Waals surface area contributed by atoms with Crippen LogP contribution in [0.3, 0.4) is 0 Å². The zero-order chi connectivity index (χ0) is 12.3. The molecular weight excluding hydrogens is 212 g/mol. The van der Waals surface area contributed by atoms with Gasteiger partial charge >= 0.3 is 0 Å². The highest BCUT2D eigenvalue weighted by Gasteiger charge is 2.30. The van der Waals surface area contributed by atoms with E-state index in [2.05, 4.69) is 24.1 Å². The summed E-state index contributed by atoms with van der Waals surface area (Å²) in [6.07, 6.45) is 6.14. The van der Waals surface area contributed by atoms with E-state index in [9.17, 15) is 0 Å². The molecule has 0 spiro atoms. The molecule has 0 aromatic carbocycles. The van der Waals surface area contributed by atoms with Gasteiger partial charge in [-0.1, -0.05) is 6.92 Å². The van der Waals surface area contributed by atoms with E-state index in [0.717, 1.165) is 25.0 Å². The number of likely N-dealkylation sites (N-methyl/N-ethyl adjacent to an activating group) is 1. The normalized spacial score (nSPS) is 39.7. The number of piperidine rings is 1. The highest BCUT2D eigenvalue weighted by Crippen LogP contribution is 2.26. The quantitative estimate of drug-likeness (QED) is 0.812. The zero-order valence-corrected chi connectivity index (χ0v) is 11.6. The largest absolute Gasteiger partial charge is 0.372 e. The van der Waals surface area contributed by atoms with Gasteiger partial charge in [0.15, 0.2) is 0 Å². The standard InChI is InChI=1S/C14H28N2O/c1-11-5-4-8-16(12(11)2)10-14-7-6-13(17-14)9-15-3/h11-15H,4-10H2,1-3H3. The van der Waals surface area contributed by atoms with E-state index >= 15 is 0 Å². The van der Waals surface area contributed by atoms with Gasteiger partial charge in [0.05, 0.1) is 12.2 Å². The second kappa shape index (κ2) is 6.17. The number of rotatable bonds is 4. The Labute approximate surface area is 106 Å². The highest BCUT2D eigenvalue weighted by molar-refractivity contribution is 4.83. The molecule has 1 N–H and O–H groups in total.